The van der Waals surface area contributed by atoms with Crippen molar-refractivity contribution in [2.45, 2.75) is 49.8 Å². The van der Waals surface area contributed by atoms with Gasteiger partial charge in [-0.1, -0.05) is 31.1 Å². The maximum atomic E-state index is 5.93. The van der Waals surface area contributed by atoms with Gasteiger partial charge in [0.05, 0.1) is 11.3 Å². The fraction of sp³-hybridized carbons (Fsp3) is 0.467. The number of nitrogens with two attached hydrogens (primary N) is 1. The lowest BCUT2D eigenvalue weighted by atomic mass is 10.0. The first-order chi connectivity index (χ1) is 9.36. The largest absolute Gasteiger partial charge is 0.338 e. The molecule has 20 heavy (non-hydrogen) atoms. The Morgan fingerprint density at radius 2 is 1.90 bits per heavy atom. The van der Waals surface area contributed by atoms with Crippen LogP contribution in [0.4, 0.5) is 0 Å². The monoisotopic (exact) mass is 291 g/mol. The summed E-state index contributed by atoms with van der Waals surface area (Å²) in [7, 11) is 0. The second kappa shape index (κ2) is 5.97. The van der Waals surface area contributed by atoms with Crippen molar-refractivity contribution in [3.63, 3.8) is 0 Å². The van der Waals surface area contributed by atoms with E-state index < -0.39 is 5.54 Å². The average Bonchev–Trinajstić information content (AvgIpc) is 2.85. The molecule has 4 nitrogen and oxygen atoms in total. The van der Waals surface area contributed by atoms with Gasteiger partial charge in [-0.3, -0.25) is 0 Å². The molecule has 0 radical (unpaired) electrons. The Morgan fingerprint density at radius 1 is 1.25 bits per heavy atom. The molecule has 0 aliphatic heterocycles. The zero-order valence-electron chi connectivity index (χ0n) is 12.4. The van der Waals surface area contributed by atoms with Crippen molar-refractivity contribution in [2.75, 3.05) is 0 Å². The van der Waals surface area contributed by atoms with Crippen LogP contribution < -0.4 is 5.73 Å². The predicted molar refractivity (Wildman–Crippen MR) is 81.6 cm³/mol. The molecule has 0 atom stereocenters. The van der Waals surface area contributed by atoms with Crippen LogP contribution in [0.3, 0.4) is 0 Å². The van der Waals surface area contributed by atoms with Gasteiger partial charge in [0.15, 0.2) is 5.82 Å². The van der Waals surface area contributed by atoms with E-state index in [2.05, 4.69) is 48.3 Å². The molecule has 5 heteroatoms. The Kier molecular flexibility index (Phi) is 4.50. The molecule has 0 aliphatic rings. The highest BCUT2D eigenvalue weighted by Gasteiger charge is 2.21. The van der Waals surface area contributed by atoms with Crippen molar-refractivity contribution >= 4 is 11.8 Å². The molecule has 1 heterocycles. The first-order valence-electron chi connectivity index (χ1n) is 6.71. The number of hydrogen-bond acceptors (Lipinski definition) is 5. The van der Waals surface area contributed by atoms with Crippen molar-refractivity contribution in [1.29, 1.82) is 0 Å². The molecule has 2 aromatic rings. The van der Waals surface area contributed by atoms with E-state index in [-0.39, 0.29) is 0 Å². The first-order valence-corrected chi connectivity index (χ1v) is 7.69. The molecule has 0 bridgehead atoms. The number of nitrogens with zero attached hydrogens (tertiary/aromatic N) is 2. The minimum atomic E-state index is -0.564. The number of thioether (sulfide) groups is 1. The van der Waals surface area contributed by atoms with E-state index in [1.54, 1.807) is 11.8 Å². The lowest BCUT2D eigenvalue weighted by Gasteiger charge is -2.11. The van der Waals surface area contributed by atoms with E-state index >= 15 is 0 Å². The van der Waals surface area contributed by atoms with E-state index in [0.717, 1.165) is 0 Å². The van der Waals surface area contributed by atoms with Gasteiger partial charge in [-0.2, -0.15) is 4.98 Å². The molecule has 0 unspecified atom stereocenters. The van der Waals surface area contributed by atoms with Crippen LogP contribution in [0.5, 0.6) is 0 Å². The van der Waals surface area contributed by atoms with Crippen LogP contribution in [-0.4, -0.2) is 10.1 Å². The molecular formula is C15H21N3OS. The molecule has 0 aliphatic carbocycles. The average molecular weight is 291 g/mol. The van der Waals surface area contributed by atoms with Crippen LogP contribution in [0.1, 0.15) is 50.9 Å². The highest BCUT2D eigenvalue weighted by atomic mass is 32.2. The standard InChI is InChI=1S/C15H21N3OS/c1-10(2)11-5-7-12(8-6-11)20-9-13-17-14(18-19-13)15(3,4)16/h5-8,10H,9,16H2,1-4H3. The van der Waals surface area contributed by atoms with Crippen LogP contribution in [0.15, 0.2) is 33.7 Å². The molecule has 0 fully saturated rings. The molecule has 1 aromatic carbocycles. The number of rotatable bonds is 5. The third-order valence-electron chi connectivity index (χ3n) is 2.95. The van der Waals surface area contributed by atoms with Gasteiger partial charge in [0.1, 0.15) is 0 Å². The van der Waals surface area contributed by atoms with Crippen molar-refractivity contribution < 1.29 is 4.52 Å². The first kappa shape index (κ1) is 15.1. The Morgan fingerprint density at radius 3 is 2.40 bits per heavy atom. The van der Waals surface area contributed by atoms with E-state index in [1.807, 2.05) is 13.8 Å². The van der Waals surface area contributed by atoms with E-state index in [0.29, 0.717) is 23.4 Å². The van der Waals surface area contributed by atoms with Crippen LogP contribution >= 0.6 is 11.8 Å². The van der Waals surface area contributed by atoms with Crippen molar-refractivity contribution in [1.82, 2.24) is 10.1 Å². The van der Waals surface area contributed by atoms with Crippen molar-refractivity contribution in [2.24, 2.45) is 5.73 Å². The molecular weight excluding hydrogens is 270 g/mol. The van der Waals surface area contributed by atoms with Gasteiger partial charge in [0.25, 0.3) is 0 Å². The summed E-state index contributed by atoms with van der Waals surface area (Å²) in [6.07, 6.45) is 0. The molecule has 2 N–H and O–H groups in total. The molecule has 0 spiro atoms. The maximum absolute atomic E-state index is 5.93. The summed E-state index contributed by atoms with van der Waals surface area (Å²) in [4.78, 5) is 5.51. The second-order valence-corrected chi connectivity index (χ2v) is 6.79. The summed E-state index contributed by atoms with van der Waals surface area (Å²) in [5.74, 6) is 2.36. The summed E-state index contributed by atoms with van der Waals surface area (Å²) in [6, 6.07) is 8.58. The smallest absolute Gasteiger partial charge is 0.237 e. The summed E-state index contributed by atoms with van der Waals surface area (Å²) >= 11 is 1.68. The van der Waals surface area contributed by atoms with Gasteiger partial charge in [0.2, 0.25) is 5.89 Å². The highest BCUT2D eigenvalue weighted by Crippen LogP contribution is 2.25. The van der Waals surface area contributed by atoms with E-state index in [1.165, 1.54) is 10.5 Å². The maximum Gasteiger partial charge on any atom is 0.237 e. The molecule has 1 aromatic heterocycles. The zero-order chi connectivity index (χ0) is 14.8. The van der Waals surface area contributed by atoms with Gasteiger partial charge in [-0.05, 0) is 37.5 Å². The fourth-order valence-electron chi connectivity index (χ4n) is 1.67. The van der Waals surface area contributed by atoms with Crippen LogP contribution in [0.2, 0.25) is 0 Å². The van der Waals surface area contributed by atoms with Gasteiger partial charge in [0, 0.05) is 4.90 Å². The zero-order valence-corrected chi connectivity index (χ0v) is 13.2. The normalized spacial score (nSPS) is 12.1. The van der Waals surface area contributed by atoms with Gasteiger partial charge < -0.3 is 10.3 Å². The lowest BCUT2D eigenvalue weighted by Crippen LogP contribution is -2.30. The summed E-state index contributed by atoms with van der Waals surface area (Å²) in [6.45, 7) is 8.10. The Hall–Kier alpha value is -1.33. The highest BCUT2D eigenvalue weighted by molar-refractivity contribution is 7.98. The predicted octanol–water partition coefficient (Wildman–Crippen LogP) is 3.68. The summed E-state index contributed by atoms with van der Waals surface area (Å²) in [5.41, 5.74) is 6.71. The van der Waals surface area contributed by atoms with E-state index in [4.69, 9.17) is 10.3 Å². The third-order valence-corrected chi connectivity index (χ3v) is 3.95. The molecule has 0 saturated carbocycles. The third kappa shape index (κ3) is 3.84. The molecule has 2 rings (SSSR count). The van der Waals surface area contributed by atoms with Crippen LogP contribution in [-0.2, 0) is 11.3 Å². The van der Waals surface area contributed by atoms with Crippen molar-refractivity contribution in [3.8, 4) is 0 Å². The summed E-state index contributed by atoms with van der Waals surface area (Å²) < 4.78 is 5.21. The van der Waals surface area contributed by atoms with Gasteiger partial charge in [-0.25, -0.2) is 0 Å². The van der Waals surface area contributed by atoms with Crippen LogP contribution in [0, 0.1) is 0 Å². The Balaban J connectivity index is 1.96. The Labute approximate surface area is 124 Å². The number of aromatic nitrogens is 2. The van der Waals surface area contributed by atoms with Gasteiger partial charge in [-0.15, -0.1) is 11.8 Å². The molecule has 0 amide bonds. The topological polar surface area (TPSA) is 64.9 Å². The fourth-order valence-corrected chi connectivity index (χ4v) is 2.41. The Bertz CT molecular complexity index is 555. The summed E-state index contributed by atoms with van der Waals surface area (Å²) in [5, 5.41) is 3.91. The van der Waals surface area contributed by atoms with Gasteiger partial charge >= 0.3 is 0 Å². The number of benzene rings is 1. The number of hydrogen-bond donors (Lipinski definition) is 1. The molecule has 0 saturated heterocycles. The van der Waals surface area contributed by atoms with Crippen molar-refractivity contribution in [3.05, 3.63) is 41.5 Å². The lowest BCUT2D eigenvalue weighted by molar-refractivity contribution is 0.370. The minimum absolute atomic E-state index is 0.545. The minimum Gasteiger partial charge on any atom is -0.338 e. The second-order valence-electron chi connectivity index (χ2n) is 5.75. The van der Waals surface area contributed by atoms with Crippen LogP contribution in [0.25, 0.3) is 0 Å². The van der Waals surface area contributed by atoms with E-state index in [9.17, 15) is 0 Å². The SMILES string of the molecule is CC(C)c1ccc(SCc2nc(C(C)(C)N)no2)cc1. The molecule has 108 valence electrons. The quantitative estimate of drug-likeness (QED) is 0.851.